The first-order valence-electron chi connectivity index (χ1n) is 4.54. The van der Waals surface area contributed by atoms with E-state index in [4.69, 9.17) is 0 Å². The summed E-state index contributed by atoms with van der Waals surface area (Å²) < 4.78 is 14.8. The molecule has 1 aromatic carbocycles. The van der Waals surface area contributed by atoms with Crippen LogP contribution in [-0.4, -0.2) is 14.5 Å². The third kappa shape index (κ3) is 1.54. The highest BCUT2D eigenvalue weighted by atomic mass is 19.1. The molecular formula is C10H8FN3O2. The van der Waals surface area contributed by atoms with Gasteiger partial charge in [0.2, 0.25) is 5.82 Å². The topological polar surface area (TPSA) is 61.0 Å². The molecular weight excluding hydrogens is 213 g/mol. The van der Waals surface area contributed by atoms with Crippen LogP contribution in [0.4, 0.5) is 10.1 Å². The summed E-state index contributed by atoms with van der Waals surface area (Å²) in [4.78, 5) is 14.0. The maximum Gasteiger partial charge on any atom is 0.328 e. The average molecular weight is 221 g/mol. The van der Waals surface area contributed by atoms with Crippen molar-refractivity contribution in [2.75, 3.05) is 0 Å². The van der Waals surface area contributed by atoms with E-state index in [2.05, 4.69) is 4.98 Å². The first-order chi connectivity index (χ1) is 7.61. The molecule has 6 heteroatoms. The Labute approximate surface area is 90.3 Å². The van der Waals surface area contributed by atoms with Crippen molar-refractivity contribution < 1.29 is 9.31 Å². The Morgan fingerprint density at radius 1 is 1.50 bits per heavy atom. The van der Waals surface area contributed by atoms with Gasteiger partial charge in [0, 0.05) is 12.4 Å². The Morgan fingerprint density at radius 2 is 2.25 bits per heavy atom. The number of para-hydroxylation sites is 1. The number of nitro benzene ring substituents is 1. The van der Waals surface area contributed by atoms with Crippen molar-refractivity contribution in [3.63, 3.8) is 0 Å². The molecule has 0 spiro atoms. The van der Waals surface area contributed by atoms with Crippen LogP contribution in [0.5, 0.6) is 0 Å². The number of aryl methyl sites for hydroxylation is 1. The van der Waals surface area contributed by atoms with Gasteiger partial charge in [0.25, 0.3) is 0 Å². The Hall–Kier alpha value is -2.24. The quantitative estimate of drug-likeness (QED) is 0.577. The number of benzene rings is 1. The van der Waals surface area contributed by atoms with Crippen LogP contribution < -0.4 is 0 Å². The molecule has 0 aliphatic heterocycles. The van der Waals surface area contributed by atoms with Crippen molar-refractivity contribution in [2.24, 2.45) is 0 Å². The smallest absolute Gasteiger partial charge is 0.298 e. The van der Waals surface area contributed by atoms with Gasteiger partial charge in [0.15, 0.2) is 0 Å². The van der Waals surface area contributed by atoms with E-state index in [1.165, 1.54) is 22.9 Å². The molecule has 1 aromatic heterocycles. The van der Waals surface area contributed by atoms with Gasteiger partial charge < -0.3 is 0 Å². The molecule has 0 fully saturated rings. The van der Waals surface area contributed by atoms with Crippen LogP contribution >= 0.6 is 0 Å². The fourth-order valence-corrected chi connectivity index (χ4v) is 1.51. The molecule has 0 unspecified atom stereocenters. The Bertz CT molecular complexity index is 551. The predicted octanol–water partition coefficient (Wildman–Crippen LogP) is 2.23. The highest BCUT2D eigenvalue weighted by Gasteiger charge is 2.21. The van der Waals surface area contributed by atoms with Gasteiger partial charge in [-0.15, -0.1) is 0 Å². The summed E-state index contributed by atoms with van der Waals surface area (Å²) >= 11 is 0. The molecule has 2 rings (SSSR count). The van der Waals surface area contributed by atoms with Gasteiger partial charge in [-0.3, -0.25) is 14.7 Å². The van der Waals surface area contributed by atoms with E-state index in [1.54, 1.807) is 13.1 Å². The van der Waals surface area contributed by atoms with Crippen LogP contribution in [0.2, 0.25) is 0 Å². The zero-order chi connectivity index (χ0) is 11.7. The minimum atomic E-state index is -0.851. The maximum atomic E-state index is 13.3. The summed E-state index contributed by atoms with van der Waals surface area (Å²) in [6.45, 7) is 1.69. The third-order valence-corrected chi connectivity index (χ3v) is 2.23. The SMILES string of the molecule is Cc1nccn1-c1cccc(F)c1[N+](=O)[O-]. The number of halogens is 1. The zero-order valence-corrected chi connectivity index (χ0v) is 8.42. The van der Waals surface area contributed by atoms with Gasteiger partial charge >= 0.3 is 5.69 Å². The number of aromatic nitrogens is 2. The lowest BCUT2D eigenvalue weighted by Gasteiger charge is -2.05. The highest BCUT2D eigenvalue weighted by Crippen LogP contribution is 2.26. The lowest BCUT2D eigenvalue weighted by Crippen LogP contribution is -2.03. The number of nitrogens with zero attached hydrogens (tertiary/aromatic N) is 3. The normalized spacial score (nSPS) is 10.4. The van der Waals surface area contributed by atoms with Crippen molar-refractivity contribution in [1.82, 2.24) is 9.55 Å². The summed E-state index contributed by atoms with van der Waals surface area (Å²) in [5.74, 6) is -0.288. The largest absolute Gasteiger partial charge is 0.328 e. The molecule has 0 radical (unpaired) electrons. The van der Waals surface area contributed by atoms with E-state index in [0.717, 1.165) is 6.07 Å². The van der Waals surface area contributed by atoms with Crippen molar-refractivity contribution in [2.45, 2.75) is 6.92 Å². The molecule has 82 valence electrons. The van der Waals surface area contributed by atoms with Crippen LogP contribution in [0, 0.1) is 22.9 Å². The van der Waals surface area contributed by atoms with E-state index in [1.807, 2.05) is 0 Å². The fraction of sp³-hybridized carbons (Fsp3) is 0.100. The zero-order valence-electron chi connectivity index (χ0n) is 8.42. The number of nitro groups is 1. The fourth-order valence-electron chi connectivity index (χ4n) is 1.51. The summed E-state index contributed by atoms with van der Waals surface area (Å²) in [5, 5.41) is 10.8. The lowest BCUT2D eigenvalue weighted by molar-refractivity contribution is -0.387. The Kier molecular flexibility index (Phi) is 2.40. The summed E-state index contributed by atoms with van der Waals surface area (Å²) in [7, 11) is 0. The minimum Gasteiger partial charge on any atom is -0.298 e. The molecule has 0 saturated heterocycles. The molecule has 0 aliphatic carbocycles. The standard InChI is InChI=1S/C10H8FN3O2/c1-7-12-5-6-13(7)9-4-2-3-8(11)10(9)14(15)16/h2-6H,1H3. The molecule has 2 aromatic rings. The van der Waals surface area contributed by atoms with E-state index >= 15 is 0 Å². The van der Waals surface area contributed by atoms with Crippen molar-refractivity contribution in [3.05, 3.63) is 52.3 Å². The van der Waals surface area contributed by atoms with E-state index in [-0.39, 0.29) is 5.69 Å². The first-order valence-corrected chi connectivity index (χ1v) is 4.54. The van der Waals surface area contributed by atoms with E-state index in [9.17, 15) is 14.5 Å². The average Bonchev–Trinajstić information content (AvgIpc) is 2.63. The van der Waals surface area contributed by atoms with Crippen LogP contribution in [0.3, 0.4) is 0 Å². The summed E-state index contributed by atoms with van der Waals surface area (Å²) in [6.07, 6.45) is 3.06. The molecule has 0 saturated carbocycles. The van der Waals surface area contributed by atoms with Crippen LogP contribution in [0.25, 0.3) is 5.69 Å². The highest BCUT2D eigenvalue weighted by molar-refractivity contribution is 5.53. The van der Waals surface area contributed by atoms with Crippen LogP contribution in [0.15, 0.2) is 30.6 Å². The number of rotatable bonds is 2. The molecule has 0 aliphatic rings. The summed E-state index contributed by atoms with van der Waals surface area (Å²) in [6, 6.07) is 3.97. The van der Waals surface area contributed by atoms with Crippen molar-refractivity contribution >= 4 is 5.69 Å². The first kappa shape index (κ1) is 10.3. The predicted molar refractivity (Wildman–Crippen MR) is 54.9 cm³/mol. The van der Waals surface area contributed by atoms with Crippen LogP contribution in [-0.2, 0) is 0 Å². The number of hydrogen-bond donors (Lipinski definition) is 0. The van der Waals surface area contributed by atoms with Gasteiger partial charge in [0.1, 0.15) is 11.5 Å². The molecule has 0 bridgehead atoms. The van der Waals surface area contributed by atoms with Crippen LogP contribution in [0.1, 0.15) is 5.82 Å². The Balaban J connectivity index is 2.70. The van der Waals surface area contributed by atoms with Gasteiger partial charge in [0.05, 0.1) is 4.92 Å². The molecule has 1 heterocycles. The monoisotopic (exact) mass is 221 g/mol. The molecule has 5 nitrogen and oxygen atoms in total. The van der Waals surface area contributed by atoms with Gasteiger partial charge in [-0.25, -0.2) is 4.98 Å². The Morgan fingerprint density at radius 3 is 2.81 bits per heavy atom. The number of imidazole rings is 1. The summed E-state index contributed by atoms with van der Waals surface area (Å²) in [5.41, 5.74) is -0.358. The maximum absolute atomic E-state index is 13.3. The van der Waals surface area contributed by atoms with E-state index < -0.39 is 16.4 Å². The lowest BCUT2D eigenvalue weighted by atomic mass is 10.2. The molecule has 0 N–H and O–H groups in total. The molecule has 16 heavy (non-hydrogen) atoms. The van der Waals surface area contributed by atoms with E-state index in [0.29, 0.717) is 5.82 Å². The molecule has 0 amide bonds. The second-order valence-electron chi connectivity index (χ2n) is 3.21. The second kappa shape index (κ2) is 3.73. The van der Waals surface area contributed by atoms with Gasteiger partial charge in [-0.05, 0) is 19.1 Å². The van der Waals surface area contributed by atoms with Crippen molar-refractivity contribution in [3.8, 4) is 5.69 Å². The van der Waals surface area contributed by atoms with Gasteiger partial charge in [-0.2, -0.15) is 4.39 Å². The van der Waals surface area contributed by atoms with Crippen molar-refractivity contribution in [1.29, 1.82) is 0 Å². The van der Waals surface area contributed by atoms with Gasteiger partial charge in [-0.1, -0.05) is 6.07 Å². The number of hydrogen-bond acceptors (Lipinski definition) is 3. The second-order valence-corrected chi connectivity index (χ2v) is 3.21. The molecule has 0 atom stereocenters. The minimum absolute atomic E-state index is 0.181. The third-order valence-electron chi connectivity index (χ3n) is 2.23.